The van der Waals surface area contributed by atoms with Crippen molar-refractivity contribution in [2.45, 2.75) is 13.3 Å². The van der Waals surface area contributed by atoms with E-state index in [1.165, 1.54) is 0 Å². The fourth-order valence-electron chi connectivity index (χ4n) is 0.876. The quantitative estimate of drug-likeness (QED) is 0.623. The van der Waals surface area contributed by atoms with E-state index >= 15 is 0 Å². The molecule has 0 bridgehead atoms. The standard InChI is InChI=1S/C10H11NO/c1-2-9-5-3-6-10(11-9)7-4-8-12/h3,5-6,12H,2,8H2,1H3. The van der Waals surface area contributed by atoms with E-state index < -0.39 is 0 Å². The van der Waals surface area contributed by atoms with Crippen LogP contribution < -0.4 is 0 Å². The largest absolute Gasteiger partial charge is 0.384 e. The van der Waals surface area contributed by atoms with Gasteiger partial charge in [-0.1, -0.05) is 18.9 Å². The summed E-state index contributed by atoms with van der Waals surface area (Å²) < 4.78 is 0. The van der Waals surface area contributed by atoms with Gasteiger partial charge in [0.15, 0.2) is 0 Å². The van der Waals surface area contributed by atoms with Gasteiger partial charge >= 0.3 is 0 Å². The average Bonchev–Trinajstić information content (AvgIpc) is 2.15. The van der Waals surface area contributed by atoms with E-state index in [9.17, 15) is 0 Å². The molecular weight excluding hydrogens is 150 g/mol. The Labute approximate surface area is 72.3 Å². The van der Waals surface area contributed by atoms with Crippen LogP contribution in [0.4, 0.5) is 0 Å². The molecule has 0 atom stereocenters. The second-order valence-electron chi connectivity index (χ2n) is 2.33. The first kappa shape index (κ1) is 8.76. The first-order valence-corrected chi connectivity index (χ1v) is 3.92. The molecule has 0 saturated heterocycles. The molecule has 0 radical (unpaired) electrons. The minimum atomic E-state index is -0.113. The predicted octanol–water partition coefficient (Wildman–Crippen LogP) is 0.988. The Morgan fingerprint density at radius 2 is 2.33 bits per heavy atom. The van der Waals surface area contributed by atoms with Crippen molar-refractivity contribution in [2.24, 2.45) is 0 Å². The van der Waals surface area contributed by atoms with Gasteiger partial charge < -0.3 is 5.11 Å². The summed E-state index contributed by atoms with van der Waals surface area (Å²) in [6.07, 6.45) is 0.911. The van der Waals surface area contributed by atoms with Crippen LogP contribution in [0.25, 0.3) is 0 Å². The molecule has 0 aliphatic heterocycles. The molecule has 2 heteroatoms. The van der Waals surface area contributed by atoms with Crippen LogP contribution in [0.2, 0.25) is 0 Å². The third-order valence-electron chi connectivity index (χ3n) is 1.46. The maximum atomic E-state index is 8.45. The zero-order chi connectivity index (χ0) is 8.81. The maximum Gasteiger partial charge on any atom is 0.113 e. The fraction of sp³-hybridized carbons (Fsp3) is 0.300. The van der Waals surface area contributed by atoms with Crippen LogP contribution in [0.5, 0.6) is 0 Å². The van der Waals surface area contributed by atoms with Gasteiger partial charge in [0.25, 0.3) is 0 Å². The fourth-order valence-corrected chi connectivity index (χ4v) is 0.876. The summed E-state index contributed by atoms with van der Waals surface area (Å²) in [6, 6.07) is 5.72. The summed E-state index contributed by atoms with van der Waals surface area (Å²) in [5.74, 6) is 5.32. The van der Waals surface area contributed by atoms with Crippen molar-refractivity contribution in [1.82, 2.24) is 4.98 Å². The van der Waals surface area contributed by atoms with Gasteiger partial charge in [-0.05, 0) is 24.5 Å². The Morgan fingerprint density at radius 3 is 3.00 bits per heavy atom. The lowest BCUT2D eigenvalue weighted by Crippen LogP contribution is -1.89. The molecule has 0 aliphatic rings. The molecule has 0 fully saturated rings. The van der Waals surface area contributed by atoms with Gasteiger partial charge in [0.05, 0.1) is 0 Å². The number of aliphatic hydroxyl groups excluding tert-OH is 1. The van der Waals surface area contributed by atoms with Crippen molar-refractivity contribution < 1.29 is 5.11 Å². The molecule has 1 N–H and O–H groups in total. The normalized spacial score (nSPS) is 8.83. The third kappa shape index (κ3) is 2.37. The molecule has 62 valence electrons. The number of hydrogen-bond donors (Lipinski definition) is 1. The molecule has 0 spiro atoms. The zero-order valence-corrected chi connectivity index (χ0v) is 7.04. The summed E-state index contributed by atoms with van der Waals surface area (Å²) >= 11 is 0. The van der Waals surface area contributed by atoms with Crippen LogP contribution in [0, 0.1) is 11.8 Å². The first-order chi connectivity index (χ1) is 5.86. The average molecular weight is 161 g/mol. The van der Waals surface area contributed by atoms with Gasteiger partial charge in [-0.15, -0.1) is 0 Å². The van der Waals surface area contributed by atoms with Gasteiger partial charge in [-0.3, -0.25) is 0 Å². The van der Waals surface area contributed by atoms with E-state index in [1.807, 2.05) is 25.1 Å². The minimum absolute atomic E-state index is 0.113. The number of rotatable bonds is 1. The van der Waals surface area contributed by atoms with E-state index in [-0.39, 0.29) is 6.61 Å². The summed E-state index contributed by atoms with van der Waals surface area (Å²) in [5.41, 5.74) is 1.75. The second kappa shape index (κ2) is 4.53. The van der Waals surface area contributed by atoms with Crippen LogP contribution in [0.15, 0.2) is 18.2 Å². The topological polar surface area (TPSA) is 33.1 Å². The highest BCUT2D eigenvalue weighted by Gasteiger charge is 1.90. The van der Waals surface area contributed by atoms with Crippen molar-refractivity contribution in [3.05, 3.63) is 29.6 Å². The second-order valence-corrected chi connectivity index (χ2v) is 2.33. The van der Waals surface area contributed by atoms with Gasteiger partial charge in [0.1, 0.15) is 12.3 Å². The lowest BCUT2D eigenvalue weighted by Gasteiger charge is -1.94. The van der Waals surface area contributed by atoms with Crippen molar-refractivity contribution in [2.75, 3.05) is 6.61 Å². The van der Waals surface area contributed by atoms with E-state index in [4.69, 9.17) is 5.11 Å². The van der Waals surface area contributed by atoms with E-state index in [2.05, 4.69) is 16.8 Å². The zero-order valence-electron chi connectivity index (χ0n) is 7.04. The third-order valence-corrected chi connectivity index (χ3v) is 1.46. The molecule has 0 aromatic carbocycles. The van der Waals surface area contributed by atoms with Gasteiger partial charge in [0.2, 0.25) is 0 Å². The van der Waals surface area contributed by atoms with Gasteiger partial charge in [-0.25, -0.2) is 4.98 Å². The Balaban J connectivity index is 2.86. The van der Waals surface area contributed by atoms with Crippen LogP contribution >= 0.6 is 0 Å². The molecular formula is C10H11NO. The Morgan fingerprint density at radius 1 is 1.50 bits per heavy atom. The Kier molecular flexibility index (Phi) is 3.31. The van der Waals surface area contributed by atoms with Crippen molar-refractivity contribution in [3.63, 3.8) is 0 Å². The first-order valence-electron chi connectivity index (χ1n) is 3.92. The number of aryl methyl sites for hydroxylation is 1. The van der Waals surface area contributed by atoms with Crippen LogP contribution in [0.1, 0.15) is 18.3 Å². The molecule has 0 unspecified atom stereocenters. The van der Waals surface area contributed by atoms with Crippen LogP contribution in [0.3, 0.4) is 0 Å². The molecule has 0 saturated carbocycles. The highest BCUT2D eigenvalue weighted by atomic mass is 16.2. The van der Waals surface area contributed by atoms with Crippen molar-refractivity contribution >= 4 is 0 Å². The molecule has 1 rings (SSSR count). The van der Waals surface area contributed by atoms with Gasteiger partial charge in [-0.2, -0.15) is 0 Å². The van der Waals surface area contributed by atoms with Gasteiger partial charge in [0, 0.05) is 5.69 Å². The smallest absolute Gasteiger partial charge is 0.113 e. The number of pyridine rings is 1. The molecule has 12 heavy (non-hydrogen) atoms. The van der Waals surface area contributed by atoms with E-state index in [0.29, 0.717) is 0 Å². The van der Waals surface area contributed by atoms with E-state index in [1.54, 1.807) is 0 Å². The summed E-state index contributed by atoms with van der Waals surface area (Å²) in [6.45, 7) is 1.93. The molecule has 1 aromatic rings. The molecule has 0 aliphatic carbocycles. The molecule has 1 heterocycles. The number of aliphatic hydroxyl groups is 1. The van der Waals surface area contributed by atoms with Crippen LogP contribution in [-0.2, 0) is 6.42 Å². The van der Waals surface area contributed by atoms with Crippen LogP contribution in [-0.4, -0.2) is 16.7 Å². The highest BCUT2D eigenvalue weighted by Crippen LogP contribution is 1.98. The molecule has 1 aromatic heterocycles. The Bertz CT molecular complexity index is 309. The lowest BCUT2D eigenvalue weighted by molar-refractivity contribution is 0.350. The summed E-state index contributed by atoms with van der Waals surface area (Å²) in [4.78, 5) is 4.24. The van der Waals surface area contributed by atoms with E-state index in [0.717, 1.165) is 17.8 Å². The number of aromatic nitrogens is 1. The lowest BCUT2D eigenvalue weighted by atomic mass is 10.2. The molecule has 2 nitrogen and oxygen atoms in total. The summed E-state index contributed by atoms with van der Waals surface area (Å²) in [5, 5.41) is 8.45. The highest BCUT2D eigenvalue weighted by molar-refractivity contribution is 5.28. The van der Waals surface area contributed by atoms with Crippen molar-refractivity contribution in [3.8, 4) is 11.8 Å². The number of nitrogens with zero attached hydrogens (tertiary/aromatic N) is 1. The summed E-state index contributed by atoms with van der Waals surface area (Å²) in [7, 11) is 0. The SMILES string of the molecule is CCc1cccc(C#CCO)n1. The molecule has 0 amide bonds. The Hall–Kier alpha value is -1.33. The minimum Gasteiger partial charge on any atom is -0.384 e. The van der Waals surface area contributed by atoms with Crippen molar-refractivity contribution in [1.29, 1.82) is 0 Å². The monoisotopic (exact) mass is 161 g/mol. The predicted molar refractivity (Wildman–Crippen MR) is 47.6 cm³/mol. The number of hydrogen-bond acceptors (Lipinski definition) is 2. The maximum absolute atomic E-state index is 8.45.